The topological polar surface area (TPSA) is 88.0 Å². The lowest BCUT2D eigenvalue weighted by Crippen LogP contribution is -3.07. The molecule has 0 bridgehead atoms. The van der Waals surface area contributed by atoms with Gasteiger partial charge in [-0.15, -0.1) is 11.3 Å². The number of thiophene rings is 1. The van der Waals surface area contributed by atoms with Crippen LogP contribution in [0.4, 0.5) is 21.9 Å². The van der Waals surface area contributed by atoms with Gasteiger partial charge in [0.1, 0.15) is 26.9 Å². The Kier molecular flexibility index (Phi) is 6.11. The van der Waals surface area contributed by atoms with Gasteiger partial charge in [0, 0.05) is 36.5 Å². The lowest BCUT2D eigenvalue weighted by molar-refractivity contribution is -0.660. The van der Waals surface area contributed by atoms with Crippen LogP contribution in [-0.4, -0.2) is 48.0 Å². The lowest BCUT2D eigenvalue weighted by Gasteiger charge is -2.30. The van der Waals surface area contributed by atoms with Crippen molar-refractivity contribution in [1.82, 2.24) is 15.2 Å². The third-order valence-electron chi connectivity index (χ3n) is 6.94. The lowest BCUT2D eigenvalue weighted by atomic mass is 10.1. The van der Waals surface area contributed by atoms with E-state index in [0.29, 0.717) is 21.2 Å². The number of nitrogens with zero attached hydrogens (tertiary/aromatic N) is 2. The maximum absolute atomic E-state index is 13.5. The number of carbonyl (C=O) groups is 2. The fraction of sp³-hybridized carbons (Fsp3) is 0.250. The predicted octanol–water partition coefficient (Wildman–Crippen LogP) is 4.61. The maximum atomic E-state index is 13.5. The first-order valence-corrected chi connectivity index (χ1v) is 13.2. The van der Waals surface area contributed by atoms with E-state index in [4.69, 9.17) is 4.74 Å². The molecule has 2 atom stereocenters. The molecule has 4 aromatic rings. The number of hydrogen-bond acceptors (Lipinski definition) is 6. The number of piperidine rings is 1. The van der Waals surface area contributed by atoms with E-state index in [1.807, 2.05) is 61.5 Å². The van der Waals surface area contributed by atoms with E-state index in [9.17, 15) is 9.59 Å². The third-order valence-corrected chi connectivity index (χ3v) is 8.04. The van der Waals surface area contributed by atoms with Crippen LogP contribution in [0, 0.1) is 6.92 Å². The van der Waals surface area contributed by atoms with Crippen LogP contribution >= 0.6 is 11.3 Å². The molecule has 2 aromatic carbocycles. The molecular formula is C28H28N5O3S+. The summed E-state index contributed by atoms with van der Waals surface area (Å²) in [6.45, 7) is 3.83. The second-order valence-corrected chi connectivity index (χ2v) is 10.6. The zero-order chi connectivity index (χ0) is 25.5. The predicted molar refractivity (Wildman–Crippen MR) is 145 cm³/mol. The molecule has 0 spiro atoms. The number of anilines is 1. The van der Waals surface area contributed by atoms with Gasteiger partial charge in [0.05, 0.1) is 11.1 Å². The van der Waals surface area contributed by atoms with E-state index in [1.54, 1.807) is 6.20 Å². The molecule has 1 saturated heterocycles. The van der Waals surface area contributed by atoms with Crippen molar-refractivity contribution in [3.05, 3.63) is 71.2 Å². The molecule has 1 fully saturated rings. The van der Waals surface area contributed by atoms with Crippen molar-refractivity contribution in [2.75, 3.05) is 25.5 Å². The van der Waals surface area contributed by atoms with Crippen molar-refractivity contribution in [3.8, 4) is 11.5 Å². The maximum Gasteiger partial charge on any atom is 0.429 e. The second-order valence-electron chi connectivity index (χ2n) is 9.64. The number of rotatable bonds is 5. The number of nitrogens with one attached hydrogen (secondary N) is 3. The number of amides is 3. The van der Waals surface area contributed by atoms with E-state index in [0.717, 1.165) is 58.8 Å². The van der Waals surface area contributed by atoms with Crippen molar-refractivity contribution in [3.63, 3.8) is 0 Å². The first-order chi connectivity index (χ1) is 18.0. The Hall–Kier alpha value is -3.79. The first kappa shape index (κ1) is 23.6. The fourth-order valence-electron chi connectivity index (χ4n) is 5.22. The SMILES string of the molecule is Cc1cc(Oc2ccccc2)ccc1[NH+]1C(=O)Nc2c(C(=O)N[C@@H]3CCCN(C)C3)sc3nccc1c23. The molecule has 0 aliphatic carbocycles. The molecule has 0 saturated carbocycles. The molecule has 6 rings (SSSR count). The average molecular weight is 515 g/mol. The van der Waals surface area contributed by atoms with Crippen molar-refractivity contribution >= 4 is 50.6 Å². The second kappa shape index (κ2) is 9.59. The minimum Gasteiger partial charge on any atom is -0.457 e. The monoisotopic (exact) mass is 514 g/mol. The molecule has 2 aliphatic heterocycles. The molecule has 8 nitrogen and oxygen atoms in total. The Balaban J connectivity index is 1.33. The van der Waals surface area contributed by atoms with E-state index >= 15 is 0 Å². The Labute approximate surface area is 218 Å². The Morgan fingerprint density at radius 2 is 2.00 bits per heavy atom. The number of ether oxygens (including phenoxy) is 1. The molecule has 0 radical (unpaired) electrons. The van der Waals surface area contributed by atoms with Crippen LogP contribution < -0.4 is 20.3 Å². The third kappa shape index (κ3) is 4.46. The minimum absolute atomic E-state index is 0.0942. The first-order valence-electron chi connectivity index (χ1n) is 12.4. The molecule has 2 aliphatic rings. The summed E-state index contributed by atoms with van der Waals surface area (Å²) in [6, 6.07) is 17.0. The largest absolute Gasteiger partial charge is 0.457 e. The number of pyridine rings is 1. The zero-order valence-electron chi connectivity index (χ0n) is 20.7. The molecule has 37 heavy (non-hydrogen) atoms. The summed E-state index contributed by atoms with van der Waals surface area (Å²) in [7, 11) is 2.07. The number of benzene rings is 2. The Bertz CT molecular complexity index is 1500. The zero-order valence-corrected chi connectivity index (χ0v) is 21.5. The van der Waals surface area contributed by atoms with Crippen molar-refractivity contribution in [1.29, 1.82) is 0 Å². The normalized spacial score (nSPS) is 19.5. The van der Waals surface area contributed by atoms with Crippen LogP contribution in [0.5, 0.6) is 11.5 Å². The molecule has 4 heterocycles. The number of aryl methyl sites for hydroxylation is 1. The summed E-state index contributed by atoms with van der Waals surface area (Å²) in [5.74, 6) is 1.29. The number of aromatic nitrogens is 1. The van der Waals surface area contributed by atoms with Crippen LogP contribution in [0.25, 0.3) is 10.2 Å². The summed E-state index contributed by atoms with van der Waals surface area (Å²) >= 11 is 1.32. The van der Waals surface area contributed by atoms with Crippen molar-refractivity contribution in [2.24, 2.45) is 0 Å². The Morgan fingerprint density at radius 3 is 2.78 bits per heavy atom. The van der Waals surface area contributed by atoms with Crippen LogP contribution in [0.15, 0.2) is 60.8 Å². The summed E-state index contributed by atoms with van der Waals surface area (Å²) < 4.78 is 5.98. The highest BCUT2D eigenvalue weighted by molar-refractivity contribution is 7.21. The number of urea groups is 1. The number of likely N-dealkylation sites (N-methyl/N-ethyl adjacent to an activating group) is 1. The quantitative estimate of drug-likeness (QED) is 0.362. The summed E-state index contributed by atoms with van der Waals surface area (Å²) in [5, 5.41) is 7.01. The van der Waals surface area contributed by atoms with E-state index < -0.39 is 0 Å². The van der Waals surface area contributed by atoms with Crippen molar-refractivity contribution in [2.45, 2.75) is 25.8 Å². The van der Waals surface area contributed by atoms with Crippen LogP contribution in [0.2, 0.25) is 0 Å². The summed E-state index contributed by atoms with van der Waals surface area (Å²) in [4.78, 5) is 35.3. The van der Waals surface area contributed by atoms with Crippen molar-refractivity contribution < 1.29 is 19.2 Å². The molecule has 2 aromatic heterocycles. The number of carbonyl (C=O) groups excluding carboxylic acids is 2. The number of quaternary nitrogens is 1. The molecule has 3 N–H and O–H groups in total. The highest BCUT2D eigenvalue weighted by Gasteiger charge is 2.38. The van der Waals surface area contributed by atoms with Gasteiger partial charge < -0.3 is 15.0 Å². The highest BCUT2D eigenvalue weighted by Crippen LogP contribution is 2.40. The van der Waals surface area contributed by atoms with Gasteiger partial charge in [-0.3, -0.25) is 10.1 Å². The van der Waals surface area contributed by atoms with Gasteiger partial charge >= 0.3 is 6.03 Å². The van der Waals surface area contributed by atoms with Crippen LogP contribution in [0.3, 0.4) is 0 Å². The van der Waals surface area contributed by atoms with Gasteiger partial charge in [0.25, 0.3) is 5.91 Å². The molecule has 1 unspecified atom stereocenters. The van der Waals surface area contributed by atoms with Crippen LogP contribution in [0.1, 0.15) is 28.1 Å². The fourth-order valence-corrected chi connectivity index (χ4v) is 6.24. The van der Waals surface area contributed by atoms with Gasteiger partial charge in [0.2, 0.25) is 0 Å². The minimum atomic E-state index is -0.232. The Morgan fingerprint density at radius 1 is 1.16 bits per heavy atom. The van der Waals surface area contributed by atoms with Gasteiger partial charge in [-0.05, 0) is 57.6 Å². The molecule has 9 heteroatoms. The van der Waals surface area contributed by atoms with Gasteiger partial charge in [-0.1, -0.05) is 18.2 Å². The molecule has 188 valence electrons. The summed E-state index contributed by atoms with van der Waals surface area (Å²) in [6.07, 6.45) is 3.71. The molecular weight excluding hydrogens is 486 g/mol. The standard InChI is InChI=1S/C28H27N5O3S/c1-17-15-20(36-19-8-4-3-5-9-19)10-11-21(17)33-22-12-13-29-27-23(22)24(31-28(33)35)25(37-27)26(34)30-18-7-6-14-32(2)16-18/h3-5,8-13,15,18H,6-7,14,16H2,1-2H3,(H,30,34)(H,31,35)/p+1/t18-/m1/s1. The van der Waals surface area contributed by atoms with E-state index in [1.165, 1.54) is 11.3 Å². The smallest absolute Gasteiger partial charge is 0.429 e. The number of para-hydroxylation sites is 1. The number of likely N-dealkylation sites (tertiary alicyclic amines) is 1. The van der Waals surface area contributed by atoms with Gasteiger partial charge in [0.15, 0.2) is 5.69 Å². The highest BCUT2D eigenvalue weighted by atomic mass is 32.1. The van der Waals surface area contributed by atoms with E-state index in [-0.39, 0.29) is 18.0 Å². The van der Waals surface area contributed by atoms with Gasteiger partial charge in [-0.2, -0.15) is 4.90 Å². The average Bonchev–Trinajstić information content (AvgIpc) is 3.25. The molecule has 3 amide bonds. The van der Waals surface area contributed by atoms with Crippen LogP contribution in [-0.2, 0) is 0 Å². The summed E-state index contributed by atoms with van der Waals surface area (Å²) in [5.41, 5.74) is 3.08. The van der Waals surface area contributed by atoms with E-state index in [2.05, 4.69) is 27.6 Å². The number of hydrogen-bond donors (Lipinski definition) is 3. The van der Waals surface area contributed by atoms with Gasteiger partial charge in [-0.25, -0.2) is 9.78 Å².